The van der Waals surface area contributed by atoms with E-state index in [-0.39, 0.29) is 6.03 Å². The molecule has 2 amide bonds. The number of hydrogen-bond acceptors (Lipinski definition) is 5. The molecule has 29 heavy (non-hydrogen) atoms. The maximum absolute atomic E-state index is 12.7. The van der Waals surface area contributed by atoms with Gasteiger partial charge in [-0.1, -0.05) is 30.3 Å². The number of nitrogens with one attached hydrogen (secondary N) is 1. The van der Waals surface area contributed by atoms with Crippen LogP contribution in [0.3, 0.4) is 0 Å². The molecule has 0 spiro atoms. The third kappa shape index (κ3) is 4.08. The van der Waals surface area contributed by atoms with Gasteiger partial charge in [-0.15, -0.1) is 0 Å². The number of hydrogen-bond donors (Lipinski definition) is 1. The number of amides is 2. The quantitative estimate of drug-likeness (QED) is 0.740. The summed E-state index contributed by atoms with van der Waals surface area (Å²) in [6, 6.07) is 14.0. The van der Waals surface area contributed by atoms with E-state index in [0.717, 1.165) is 46.8 Å². The van der Waals surface area contributed by atoms with Crippen molar-refractivity contribution in [3.63, 3.8) is 0 Å². The van der Waals surface area contributed by atoms with Crippen molar-refractivity contribution in [2.45, 2.75) is 13.5 Å². The number of aromatic nitrogens is 2. The third-order valence-corrected chi connectivity index (χ3v) is 5.29. The Bertz CT molecular complexity index is 1020. The highest BCUT2D eigenvalue weighted by molar-refractivity contribution is 5.88. The number of rotatable bonds is 4. The van der Waals surface area contributed by atoms with E-state index in [4.69, 9.17) is 4.74 Å². The largest absolute Gasteiger partial charge is 0.496 e. The van der Waals surface area contributed by atoms with Gasteiger partial charge in [-0.2, -0.15) is 0 Å². The molecule has 1 N–H and O–H groups in total. The number of carbonyl (C=O) groups is 1. The highest BCUT2D eigenvalue weighted by atomic mass is 16.5. The van der Waals surface area contributed by atoms with Gasteiger partial charge in [0.1, 0.15) is 17.4 Å². The molecule has 2 aromatic carbocycles. The highest BCUT2D eigenvalue weighted by Gasteiger charge is 2.22. The molecule has 0 radical (unpaired) electrons. The number of anilines is 1. The molecule has 0 bridgehead atoms. The standard InChI is InChI=1S/C22H25N5O2/c1-16-23-10-9-21(25-16)26-11-13-27(14-12-26)22(28)24-15-19-18-6-4-3-5-17(18)7-8-20(19)29-2/h3-10H,11-15H2,1-2H3,(H,24,28). The van der Waals surface area contributed by atoms with Gasteiger partial charge in [0.25, 0.3) is 0 Å². The first-order valence-electron chi connectivity index (χ1n) is 9.77. The van der Waals surface area contributed by atoms with Crippen LogP contribution >= 0.6 is 0 Å². The number of ether oxygens (including phenoxy) is 1. The zero-order valence-corrected chi connectivity index (χ0v) is 16.8. The second kappa shape index (κ2) is 8.34. The molecule has 150 valence electrons. The van der Waals surface area contributed by atoms with Crippen LogP contribution in [0.15, 0.2) is 48.7 Å². The van der Waals surface area contributed by atoms with Crippen LogP contribution in [0, 0.1) is 6.92 Å². The summed E-state index contributed by atoms with van der Waals surface area (Å²) in [5, 5.41) is 5.29. The number of piperazine rings is 1. The zero-order valence-electron chi connectivity index (χ0n) is 16.8. The fraction of sp³-hybridized carbons (Fsp3) is 0.318. The van der Waals surface area contributed by atoms with Crippen LogP contribution in [0.25, 0.3) is 10.8 Å². The molecule has 2 heterocycles. The molecule has 1 saturated heterocycles. The minimum absolute atomic E-state index is 0.0569. The zero-order chi connectivity index (χ0) is 20.2. The van der Waals surface area contributed by atoms with Gasteiger partial charge in [0.2, 0.25) is 0 Å². The summed E-state index contributed by atoms with van der Waals surface area (Å²) in [5.74, 6) is 2.46. The topological polar surface area (TPSA) is 70.6 Å². The van der Waals surface area contributed by atoms with Crippen LogP contribution in [-0.2, 0) is 6.54 Å². The van der Waals surface area contributed by atoms with Gasteiger partial charge in [0.15, 0.2) is 0 Å². The smallest absolute Gasteiger partial charge is 0.317 e. The lowest BCUT2D eigenvalue weighted by molar-refractivity contribution is 0.193. The first-order valence-corrected chi connectivity index (χ1v) is 9.77. The van der Waals surface area contributed by atoms with Crippen LogP contribution in [0.5, 0.6) is 5.75 Å². The number of urea groups is 1. The first-order chi connectivity index (χ1) is 14.2. The number of aryl methyl sites for hydroxylation is 1. The Kier molecular flexibility index (Phi) is 5.46. The number of benzene rings is 2. The van der Waals surface area contributed by atoms with Gasteiger partial charge in [0.05, 0.1) is 7.11 Å². The molecule has 7 nitrogen and oxygen atoms in total. The van der Waals surface area contributed by atoms with Crippen molar-refractivity contribution >= 4 is 22.6 Å². The number of fused-ring (bicyclic) bond motifs is 1. The van der Waals surface area contributed by atoms with Gasteiger partial charge in [-0.05, 0) is 29.8 Å². The molecular weight excluding hydrogens is 366 g/mol. The molecule has 1 aliphatic rings. The summed E-state index contributed by atoms with van der Waals surface area (Å²) in [5.41, 5.74) is 0.994. The van der Waals surface area contributed by atoms with Gasteiger partial charge in [0, 0.05) is 44.5 Å². The molecule has 1 fully saturated rings. The normalized spacial score (nSPS) is 14.1. The van der Waals surface area contributed by atoms with E-state index in [1.807, 2.05) is 42.2 Å². The number of methoxy groups -OCH3 is 1. The van der Waals surface area contributed by atoms with E-state index in [9.17, 15) is 4.79 Å². The Morgan fingerprint density at radius 1 is 1.10 bits per heavy atom. The minimum Gasteiger partial charge on any atom is -0.496 e. The van der Waals surface area contributed by atoms with Crippen molar-refractivity contribution in [2.24, 2.45) is 0 Å². The summed E-state index contributed by atoms with van der Waals surface area (Å²) in [6.07, 6.45) is 1.77. The maximum atomic E-state index is 12.7. The molecule has 0 atom stereocenters. The fourth-order valence-electron chi connectivity index (χ4n) is 3.72. The molecule has 4 rings (SSSR count). The van der Waals surface area contributed by atoms with Crippen molar-refractivity contribution in [3.05, 3.63) is 60.0 Å². The molecular formula is C22H25N5O2. The van der Waals surface area contributed by atoms with Crippen molar-refractivity contribution in [1.82, 2.24) is 20.2 Å². The Morgan fingerprint density at radius 3 is 2.66 bits per heavy atom. The Morgan fingerprint density at radius 2 is 1.90 bits per heavy atom. The molecule has 1 aromatic heterocycles. The van der Waals surface area contributed by atoms with Crippen LogP contribution in [0.4, 0.5) is 10.6 Å². The predicted molar refractivity (Wildman–Crippen MR) is 113 cm³/mol. The van der Waals surface area contributed by atoms with Crippen LogP contribution in [0.2, 0.25) is 0 Å². The molecule has 7 heteroatoms. The van der Waals surface area contributed by atoms with E-state index >= 15 is 0 Å². The van der Waals surface area contributed by atoms with Crippen LogP contribution in [-0.4, -0.2) is 54.2 Å². The van der Waals surface area contributed by atoms with Gasteiger partial charge in [-0.3, -0.25) is 0 Å². The summed E-state index contributed by atoms with van der Waals surface area (Å²) in [6.45, 7) is 5.12. The minimum atomic E-state index is -0.0569. The number of carbonyl (C=O) groups excluding carboxylic acids is 1. The summed E-state index contributed by atoms with van der Waals surface area (Å²) in [7, 11) is 1.66. The summed E-state index contributed by atoms with van der Waals surface area (Å²) >= 11 is 0. The first kappa shape index (κ1) is 19.0. The SMILES string of the molecule is COc1ccc2ccccc2c1CNC(=O)N1CCN(c2ccnc(C)n2)CC1. The maximum Gasteiger partial charge on any atom is 0.317 e. The third-order valence-electron chi connectivity index (χ3n) is 5.29. The van der Waals surface area contributed by atoms with E-state index in [1.165, 1.54) is 0 Å². The highest BCUT2D eigenvalue weighted by Crippen LogP contribution is 2.27. The Balaban J connectivity index is 1.39. The Labute approximate surface area is 170 Å². The van der Waals surface area contributed by atoms with Crippen molar-refractivity contribution in [3.8, 4) is 5.75 Å². The van der Waals surface area contributed by atoms with Crippen molar-refractivity contribution < 1.29 is 9.53 Å². The molecule has 1 aliphatic heterocycles. The van der Waals surface area contributed by atoms with E-state index in [2.05, 4.69) is 32.3 Å². The molecule has 0 saturated carbocycles. The van der Waals surface area contributed by atoms with Crippen LogP contribution < -0.4 is 15.0 Å². The van der Waals surface area contributed by atoms with Crippen molar-refractivity contribution in [1.29, 1.82) is 0 Å². The number of nitrogens with zero attached hydrogens (tertiary/aromatic N) is 4. The predicted octanol–water partition coefficient (Wildman–Crippen LogP) is 2.98. The second-order valence-corrected chi connectivity index (χ2v) is 7.06. The van der Waals surface area contributed by atoms with Gasteiger partial charge in [-0.25, -0.2) is 14.8 Å². The van der Waals surface area contributed by atoms with Gasteiger partial charge >= 0.3 is 6.03 Å². The second-order valence-electron chi connectivity index (χ2n) is 7.06. The van der Waals surface area contributed by atoms with Gasteiger partial charge < -0.3 is 19.9 Å². The lowest BCUT2D eigenvalue weighted by Crippen LogP contribution is -2.52. The molecule has 3 aromatic rings. The summed E-state index contributed by atoms with van der Waals surface area (Å²) in [4.78, 5) is 25.4. The average Bonchev–Trinajstić information content (AvgIpc) is 2.77. The van der Waals surface area contributed by atoms with E-state index in [1.54, 1.807) is 13.3 Å². The van der Waals surface area contributed by atoms with Crippen molar-refractivity contribution in [2.75, 3.05) is 38.2 Å². The molecule has 0 unspecified atom stereocenters. The van der Waals surface area contributed by atoms with E-state index in [0.29, 0.717) is 19.6 Å². The summed E-state index contributed by atoms with van der Waals surface area (Å²) < 4.78 is 5.52. The monoisotopic (exact) mass is 391 g/mol. The van der Waals surface area contributed by atoms with E-state index < -0.39 is 0 Å². The lowest BCUT2D eigenvalue weighted by Gasteiger charge is -2.35. The average molecular weight is 391 g/mol. The van der Waals surface area contributed by atoms with Crippen LogP contribution in [0.1, 0.15) is 11.4 Å². The molecule has 0 aliphatic carbocycles. The Hall–Kier alpha value is -3.35. The fourth-order valence-corrected chi connectivity index (χ4v) is 3.72. The lowest BCUT2D eigenvalue weighted by atomic mass is 10.0.